The number of anilines is 1. The maximum atomic E-state index is 13.1. The molecule has 1 unspecified atom stereocenters. The summed E-state index contributed by atoms with van der Waals surface area (Å²) < 4.78 is 5.67. The molecule has 2 aromatic carbocycles. The molecule has 6 nitrogen and oxygen atoms in total. The Morgan fingerprint density at radius 1 is 1.00 bits per heavy atom. The van der Waals surface area contributed by atoms with Gasteiger partial charge in [0.2, 0.25) is 17.7 Å². The van der Waals surface area contributed by atoms with E-state index < -0.39 is 0 Å². The van der Waals surface area contributed by atoms with E-state index in [4.69, 9.17) is 4.42 Å². The molecule has 1 aliphatic heterocycles. The van der Waals surface area contributed by atoms with Gasteiger partial charge in [-0.05, 0) is 30.2 Å². The highest BCUT2D eigenvalue weighted by atomic mass is 16.4. The number of carbonyl (C=O) groups excluding carboxylic acids is 1. The fraction of sp³-hybridized carbons (Fsp3) is 0.348. The Morgan fingerprint density at radius 2 is 1.76 bits per heavy atom. The molecule has 1 fully saturated rings. The van der Waals surface area contributed by atoms with Crippen LogP contribution in [0.1, 0.15) is 35.2 Å². The van der Waals surface area contributed by atoms with E-state index >= 15 is 0 Å². The van der Waals surface area contributed by atoms with Crippen molar-refractivity contribution in [3.63, 3.8) is 0 Å². The molecule has 0 saturated carbocycles. The van der Waals surface area contributed by atoms with E-state index in [2.05, 4.69) is 46.3 Å². The molecule has 3 aromatic rings. The first-order valence-electron chi connectivity index (χ1n) is 10.0. The van der Waals surface area contributed by atoms with Crippen molar-refractivity contribution in [1.82, 2.24) is 15.1 Å². The summed E-state index contributed by atoms with van der Waals surface area (Å²) >= 11 is 0. The van der Waals surface area contributed by atoms with E-state index in [1.807, 2.05) is 35.2 Å². The van der Waals surface area contributed by atoms with Crippen molar-refractivity contribution in [2.75, 3.05) is 31.1 Å². The van der Waals surface area contributed by atoms with Crippen LogP contribution in [-0.2, 0) is 4.79 Å². The highest BCUT2D eigenvalue weighted by Gasteiger charge is 2.28. The van der Waals surface area contributed by atoms with E-state index in [9.17, 15) is 4.79 Å². The minimum absolute atomic E-state index is 0.124. The molecule has 1 atom stereocenters. The van der Waals surface area contributed by atoms with Gasteiger partial charge in [-0.15, -0.1) is 10.2 Å². The maximum absolute atomic E-state index is 13.1. The summed E-state index contributed by atoms with van der Waals surface area (Å²) in [4.78, 5) is 17.4. The third-order valence-electron chi connectivity index (χ3n) is 5.42. The molecule has 0 N–H and O–H groups in total. The summed E-state index contributed by atoms with van der Waals surface area (Å²) in [7, 11) is 0. The number of hydrogen-bond donors (Lipinski definition) is 0. The Balaban J connectivity index is 1.43. The highest BCUT2D eigenvalue weighted by molar-refractivity contribution is 5.78. The molecule has 0 bridgehead atoms. The van der Waals surface area contributed by atoms with Crippen LogP contribution in [0.3, 0.4) is 0 Å². The molecule has 1 aliphatic rings. The second-order valence-electron chi connectivity index (χ2n) is 7.53. The standard InChI is InChI=1S/C23H26N4O2/c1-17-7-6-10-20(15-17)26-11-13-27(14-12-26)22(28)16-21(19-8-4-3-5-9-19)23-25-24-18(2)29-23/h3-10,15,21H,11-14,16H2,1-2H3. The summed E-state index contributed by atoms with van der Waals surface area (Å²) in [6.07, 6.45) is 0.329. The van der Waals surface area contributed by atoms with Gasteiger partial charge in [0, 0.05) is 45.2 Å². The van der Waals surface area contributed by atoms with Crippen LogP contribution in [0.15, 0.2) is 59.0 Å². The van der Waals surface area contributed by atoms with Crippen molar-refractivity contribution in [2.24, 2.45) is 0 Å². The lowest BCUT2D eigenvalue weighted by atomic mass is 9.95. The molecular weight excluding hydrogens is 364 g/mol. The first-order valence-corrected chi connectivity index (χ1v) is 10.0. The number of aromatic nitrogens is 2. The molecule has 1 saturated heterocycles. The normalized spacial score (nSPS) is 15.4. The Kier molecular flexibility index (Phi) is 5.60. The zero-order valence-corrected chi connectivity index (χ0v) is 16.9. The van der Waals surface area contributed by atoms with E-state index in [0.29, 0.717) is 18.2 Å². The molecule has 29 heavy (non-hydrogen) atoms. The Hall–Kier alpha value is -3.15. The molecule has 150 valence electrons. The van der Waals surface area contributed by atoms with Crippen LogP contribution in [0.5, 0.6) is 0 Å². The largest absolute Gasteiger partial charge is 0.425 e. The second-order valence-corrected chi connectivity index (χ2v) is 7.53. The number of carbonyl (C=O) groups is 1. The Labute approximate surface area is 171 Å². The van der Waals surface area contributed by atoms with Gasteiger partial charge in [-0.3, -0.25) is 4.79 Å². The summed E-state index contributed by atoms with van der Waals surface area (Å²) in [5.74, 6) is 0.916. The molecule has 1 aromatic heterocycles. The lowest BCUT2D eigenvalue weighted by molar-refractivity contribution is -0.131. The lowest BCUT2D eigenvalue weighted by Gasteiger charge is -2.36. The third kappa shape index (κ3) is 4.47. The molecule has 2 heterocycles. The quantitative estimate of drug-likeness (QED) is 0.667. The van der Waals surface area contributed by atoms with E-state index in [1.165, 1.54) is 11.3 Å². The van der Waals surface area contributed by atoms with Crippen LogP contribution in [0, 0.1) is 13.8 Å². The SMILES string of the molecule is Cc1cccc(N2CCN(C(=O)CC(c3ccccc3)c3nnc(C)o3)CC2)c1. The second kappa shape index (κ2) is 8.47. The van der Waals surface area contributed by atoms with Gasteiger partial charge in [-0.2, -0.15) is 0 Å². The predicted molar refractivity (Wildman–Crippen MR) is 112 cm³/mol. The fourth-order valence-corrected chi connectivity index (χ4v) is 3.83. The molecule has 6 heteroatoms. The molecule has 1 amide bonds. The fourth-order valence-electron chi connectivity index (χ4n) is 3.83. The van der Waals surface area contributed by atoms with E-state index in [1.54, 1.807) is 6.92 Å². The van der Waals surface area contributed by atoms with Gasteiger partial charge in [0.25, 0.3) is 0 Å². The average molecular weight is 390 g/mol. The van der Waals surface area contributed by atoms with Crippen molar-refractivity contribution in [3.8, 4) is 0 Å². The summed E-state index contributed by atoms with van der Waals surface area (Å²) in [6.45, 7) is 6.99. The van der Waals surface area contributed by atoms with Crippen LogP contribution in [0.2, 0.25) is 0 Å². The van der Waals surface area contributed by atoms with Crippen molar-refractivity contribution >= 4 is 11.6 Å². The van der Waals surface area contributed by atoms with Gasteiger partial charge >= 0.3 is 0 Å². The van der Waals surface area contributed by atoms with Gasteiger partial charge in [-0.25, -0.2) is 0 Å². The summed E-state index contributed by atoms with van der Waals surface area (Å²) in [5, 5.41) is 8.14. The lowest BCUT2D eigenvalue weighted by Crippen LogP contribution is -2.49. The number of hydrogen-bond acceptors (Lipinski definition) is 5. The molecular formula is C23H26N4O2. The van der Waals surface area contributed by atoms with Crippen LogP contribution < -0.4 is 4.90 Å². The van der Waals surface area contributed by atoms with Gasteiger partial charge in [0.05, 0.1) is 5.92 Å². The van der Waals surface area contributed by atoms with E-state index in [0.717, 1.165) is 31.7 Å². The zero-order valence-electron chi connectivity index (χ0n) is 16.9. The molecule has 4 rings (SSSR count). The predicted octanol–water partition coefficient (Wildman–Crippen LogP) is 3.56. The van der Waals surface area contributed by atoms with Gasteiger partial charge in [-0.1, -0.05) is 42.5 Å². The highest BCUT2D eigenvalue weighted by Crippen LogP contribution is 2.28. The monoisotopic (exact) mass is 390 g/mol. The Bertz CT molecular complexity index is 962. The summed E-state index contributed by atoms with van der Waals surface area (Å²) in [6, 6.07) is 18.4. The smallest absolute Gasteiger partial charge is 0.224 e. The molecule has 0 spiro atoms. The molecule has 0 aliphatic carbocycles. The number of amides is 1. The van der Waals surface area contributed by atoms with Gasteiger partial charge in [0.15, 0.2) is 0 Å². The third-order valence-corrected chi connectivity index (χ3v) is 5.42. The number of rotatable bonds is 5. The Morgan fingerprint density at radius 3 is 2.41 bits per heavy atom. The van der Waals surface area contributed by atoms with Gasteiger partial charge < -0.3 is 14.2 Å². The van der Waals surface area contributed by atoms with Crippen molar-refractivity contribution < 1.29 is 9.21 Å². The van der Waals surface area contributed by atoms with Crippen molar-refractivity contribution in [2.45, 2.75) is 26.2 Å². The van der Waals surface area contributed by atoms with Gasteiger partial charge in [0.1, 0.15) is 0 Å². The first-order chi connectivity index (χ1) is 14.1. The van der Waals surface area contributed by atoms with E-state index in [-0.39, 0.29) is 11.8 Å². The topological polar surface area (TPSA) is 62.5 Å². The van der Waals surface area contributed by atoms with Crippen LogP contribution >= 0.6 is 0 Å². The summed E-state index contributed by atoms with van der Waals surface area (Å²) in [5.41, 5.74) is 3.49. The molecule has 0 radical (unpaired) electrons. The maximum Gasteiger partial charge on any atom is 0.224 e. The number of benzene rings is 2. The van der Waals surface area contributed by atoms with Crippen molar-refractivity contribution in [1.29, 1.82) is 0 Å². The minimum atomic E-state index is -0.222. The van der Waals surface area contributed by atoms with Crippen LogP contribution in [0.4, 0.5) is 5.69 Å². The zero-order chi connectivity index (χ0) is 20.2. The first kappa shape index (κ1) is 19.2. The van der Waals surface area contributed by atoms with Crippen molar-refractivity contribution in [3.05, 3.63) is 77.5 Å². The van der Waals surface area contributed by atoms with Crippen LogP contribution in [-0.4, -0.2) is 47.2 Å². The average Bonchev–Trinajstić information content (AvgIpc) is 3.18. The van der Waals surface area contributed by atoms with Crippen LogP contribution in [0.25, 0.3) is 0 Å². The number of nitrogens with zero attached hydrogens (tertiary/aromatic N) is 4. The minimum Gasteiger partial charge on any atom is -0.425 e. The number of piperazine rings is 1. The number of aryl methyl sites for hydroxylation is 2.